The van der Waals surface area contributed by atoms with Crippen LogP contribution in [0.25, 0.3) is 0 Å². The number of carbonyl (C=O) groups is 2. The highest BCUT2D eigenvalue weighted by atomic mass is 16.5. The Kier molecular flexibility index (Phi) is 4.65. The molecule has 0 saturated carbocycles. The monoisotopic (exact) mass is 404 g/mol. The summed E-state index contributed by atoms with van der Waals surface area (Å²) in [6.07, 6.45) is 5.05. The molecule has 3 aromatic rings. The second-order valence-electron chi connectivity index (χ2n) is 8.38. The maximum absolute atomic E-state index is 12.9. The molecule has 7 heteroatoms. The number of rotatable bonds is 5. The smallest absolute Gasteiger partial charge is 0.276 e. The van der Waals surface area contributed by atoms with Gasteiger partial charge in [0.05, 0.1) is 0 Å². The summed E-state index contributed by atoms with van der Waals surface area (Å²) in [5.41, 5.74) is 2.12. The molecule has 4 heterocycles. The van der Waals surface area contributed by atoms with E-state index in [0.29, 0.717) is 37.6 Å². The van der Waals surface area contributed by atoms with Crippen molar-refractivity contribution in [2.24, 2.45) is 11.3 Å². The molecule has 30 heavy (non-hydrogen) atoms. The molecule has 2 saturated heterocycles. The van der Waals surface area contributed by atoms with E-state index in [0.717, 1.165) is 12.8 Å². The van der Waals surface area contributed by atoms with Gasteiger partial charge in [0.1, 0.15) is 12.0 Å². The fraction of sp³-hybridized carbons (Fsp3) is 0.348. The second-order valence-corrected chi connectivity index (χ2v) is 8.38. The van der Waals surface area contributed by atoms with Gasteiger partial charge in [0, 0.05) is 49.8 Å². The molecule has 0 spiro atoms. The highest BCUT2D eigenvalue weighted by Gasteiger charge is 2.54. The predicted octanol–water partition coefficient (Wildman–Crippen LogP) is 2.85. The fourth-order valence-electron chi connectivity index (χ4n) is 5.00. The third kappa shape index (κ3) is 3.30. The van der Waals surface area contributed by atoms with Gasteiger partial charge < -0.3 is 19.3 Å². The van der Waals surface area contributed by atoms with Gasteiger partial charge in [-0.15, -0.1) is 0 Å². The highest BCUT2D eigenvalue weighted by molar-refractivity contribution is 5.93. The average molecular weight is 404 g/mol. The Hall–Kier alpha value is -3.35. The predicted molar refractivity (Wildman–Crippen MR) is 110 cm³/mol. The first-order chi connectivity index (χ1) is 14.6. The van der Waals surface area contributed by atoms with Gasteiger partial charge in [0.25, 0.3) is 11.8 Å². The van der Waals surface area contributed by atoms with Crippen LogP contribution in [0.3, 0.4) is 0 Å². The van der Waals surface area contributed by atoms with Crippen LogP contribution in [0.1, 0.15) is 33.0 Å². The Morgan fingerprint density at radius 3 is 2.47 bits per heavy atom. The van der Waals surface area contributed by atoms with Crippen molar-refractivity contribution in [2.75, 3.05) is 26.2 Å². The molecule has 2 aromatic heterocycles. The van der Waals surface area contributed by atoms with Crippen LogP contribution in [-0.4, -0.2) is 57.9 Å². The van der Waals surface area contributed by atoms with Crippen molar-refractivity contribution in [1.29, 1.82) is 0 Å². The molecule has 2 fully saturated rings. The molecule has 2 atom stereocenters. The number of H-pyrrole nitrogens is 1. The van der Waals surface area contributed by atoms with E-state index in [1.54, 1.807) is 12.3 Å². The molecule has 2 aliphatic rings. The molecule has 5 rings (SSSR count). The van der Waals surface area contributed by atoms with Gasteiger partial charge >= 0.3 is 0 Å². The number of amides is 2. The van der Waals surface area contributed by atoms with Gasteiger partial charge in [-0.3, -0.25) is 9.59 Å². The summed E-state index contributed by atoms with van der Waals surface area (Å²) in [5, 5.41) is 3.81. The van der Waals surface area contributed by atoms with Crippen molar-refractivity contribution in [3.05, 3.63) is 77.9 Å². The van der Waals surface area contributed by atoms with Gasteiger partial charge in [0.15, 0.2) is 5.69 Å². The number of carbonyl (C=O) groups excluding carboxylic acids is 2. The van der Waals surface area contributed by atoms with E-state index in [-0.39, 0.29) is 23.1 Å². The van der Waals surface area contributed by atoms with Crippen LogP contribution in [0.4, 0.5) is 0 Å². The molecular weight excluding hydrogens is 380 g/mol. The summed E-state index contributed by atoms with van der Waals surface area (Å²) in [6.45, 7) is 2.58. The number of likely N-dealkylation sites (tertiary alicyclic amines) is 2. The number of hydrogen-bond donors (Lipinski definition) is 1. The van der Waals surface area contributed by atoms with Crippen LogP contribution in [0.15, 0.2) is 65.5 Å². The second kappa shape index (κ2) is 7.48. The molecule has 7 nitrogen and oxygen atoms in total. The SMILES string of the molecule is O=C(c1ccon1)N1C[C@H]2CN(C(=O)c3ccc[nH]3)C[C@@]2(CCc2ccccc2)C1. The van der Waals surface area contributed by atoms with Crippen molar-refractivity contribution in [2.45, 2.75) is 12.8 Å². The lowest BCUT2D eigenvalue weighted by Gasteiger charge is -2.29. The molecule has 2 amide bonds. The Morgan fingerprint density at radius 1 is 1.03 bits per heavy atom. The maximum Gasteiger partial charge on any atom is 0.276 e. The molecule has 1 N–H and O–H groups in total. The van der Waals surface area contributed by atoms with Crippen LogP contribution >= 0.6 is 0 Å². The zero-order chi connectivity index (χ0) is 20.6. The first kappa shape index (κ1) is 18.7. The van der Waals surface area contributed by atoms with Crippen molar-refractivity contribution in [3.8, 4) is 0 Å². The van der Waals surface area contributed by atoms with E-state index in [1.165, 1.54) is 11.8 Å². The quantitative estimate of drug-likeness (QED) is 0.709. The van der Waals surface area contributed by atoms with Crippen LogP contribution in [0, 0.1) is 11.3 Å². The van der Waals surface area contributed by atoms with E-state index >= 15 is 0 Å². The van der Waals surface area contributed by atoms with E-state index in [9.17, 15) is 9.59 Å². The Labute approximate surface area is 174 Å². The topological polar surface area (TPSA) is 82.4 Å². The van der Waals surface area contributed by atoms with E-state index < -0.39 is 0 Å². The average Bonchev–Trinajstić information content (AvgIpc) is 3.56. The molecule has 0 radical (unpaired) electrons. The van der Waals surface area contributed by atoms with Gasteiger partial charge in [-0.2, -0.15) is 0 Å². The minimum Gasteiger partial charge on any atom is -0.364 e. The largest absolute Gasteiger partial charge is 0.364 e. The van der Waals surface area contributed by atoms with E-state index in [2.05, 4.69) is 34.4 Å². The van der Waals surface area contributed by atoms with Crippen molar-refractivity contribution in [3.63, 3.8) is 0 Å². The Bertz CT molecular complexity index is 956. The lowest BCUT2D eigenvalue weighted by Crippen LogP contribution is -2.39. The van der Waals surface area contributed by atoms with Crippen LogP contribution in [0.2, 0.25) is 0 Å². The van der Waals surface area contributed by atoms with Crippen LogP contribution < -0.4 is 0 Å². The number of nitrogens with zero attached hydrogens (tertiary/aromatic N) is 3. The van der Waals surface area contributed by atoms with Crippen molar-refractivity contribution < 1.29 is 14.1 Å². The molecule has 1 aromatic carbocycles. The van der Waals surface area contributed by atoms with E-state index in [4.69, 9.17) is 4.52 Å². The number of aromatic nitrogens is 2. The fourth-order valence-corrected chi connectivity index (χ4v) is 5.00. The molecule has 0 bridgehead atoms. The lowest BCUT2D eigenvalue weighted by atomic mass is 9.76. The first-order valence-electron chi connectivity index (χ1n) is 10.3. The third-order valence-corrected chi connectivity index (χ3v) is 6.57. The number of aromatic amines is 1. The van der Waals surface area contributed by atoms with Gasteiger partial charge in [-0.1, -0.05) is 35.5 Å². The molecule has 0 aliphatic carbocycles. The zero-order valence-electron chi connectivity index (χ0n) is 16.7. The molecule has 0 unspecified atom stereocenters. The Balaban J connectivity index is 1.37. The molecule has 2 aliphatic heterocycles. The summed E-state index contributed by atoms with van der Waals surface area (Å²) in [5.74, 6) is 0.179. The number of fused-ring (bicyclic) bond motifs is 1. The minimum absolute atomic E-state index is 0.0304. The van der Waals surface area contributed by atoms with Crippen LogP contribution in [0.5, 0.6) is 0 Å². The third-order valence-electron chi connectivity index (χ3n) is 6.57. The highest BCUT2D eigenvalue weighted by Crippen LogP contribution is 2.46. The first-order valence-corrected chi connectivity index (χ1v) is 10.3. The molecule has 154 valence electrons. The van der Waals surface area contributed by atoms with Crippen molar-refractivity contribution in [1.82, 2.24) is 19.9 Å². The number of aryl methyl sites for hydroxylation is 1. The van der Waals surface area contributed by atoms with Crippen molar-refractivity contribution >= 4 is 11.8 Å². The summed E-state index contributed by atoms with van der Waals surface area (Å²) in [4.78, 5) is 32.7. The summed E-state index contributed by atoms with van der Waals surface area (Å²) >= 11 is 0. The normalized spacial score (nSPS) is 23.0. The summed E-state index contributed by atoms with van der Waals surface area (Å²) in [7, 11) is 0. The lowest BCUT2D eigenvalue weighted by molar-refractivity contribution is 0.0703. The van der Waals surface area contributed by atoms with Crippen LogP contribution in [-0.2, 0) is 6.42 Å². The summed E-state index contributed by atoms with van der Waals surface area (Å²) < 4.78 is 4.86. The van der Waals surface area contributed by atoms with Gasteiger partial charge in [0.2, 0.25) is 0 Å². The molecular formula is C23H24N4O3. The number of nitrogens with one attached hydrogen (secondary N) is 1. The minimum atomic E-state index is -0.114. The Morgan fingerprint density at radius 2 is 1.80 bits per heavy atom. The maximum atomic E-state index is 12.9. The zero-order valence-corrected chi connectivity index (χ0v) is 16.7. The number of benzene rings is 1. The summed E-state index contributed by atoms with van der Waals surface area (Å²) in [6, 6.07) is 15.6. The van der Waals surface area contributed by atoms with E-state index in [1.807, 2.05) is 28.0 Å². The standard InChI is InChI=1S/C23H24N4O3/c28-21(19-7-4-11-24-19)26-13-18-14-27(22(29)20-9-12-30-25-20)16-23(18,15-26)10-8-17-5-2-1-3-6-17/h1-7,9,11-12,18,24H,8,10,13-16H2/t18-,23+/m1/s1. The van der Waals surface area contributed by atoms with Gasteiger partial charge in [-0.25, -0.2) is 0 Å². The number of hydrogen-bond acceptors (Lipinski definition) is 4. The van der Waals surface area contributed by atoms with Gasteiger partial charge in [-0.05, 0) is 30.5 Å².